The lowest BCUT2D eigenvalue weighted by Gasteiger charge is -2.08. The predicted molar refractivity (Wildman–Crippen MR) is 87.3 cm³/mol. The van der Waals surface area contributed by atoms with Crippen LogP contribution in [0.3, 0.4) is 0 Å². The number of benzene rings is 1. The molecule has 108 valence electrons. The molecule has 4 nitrogen and oxygen atoms in total. The Morgan fingerprint density at radius 3 is 2.86 bits per heavy atom. The van der Waals surface area contributed by atoms with Crippen LogP contribution in [-0.2, 0) is 0 Å². The van der Waals surface area contributed by atoms with Crippen molar-refractivity contribution in [2.24, 2.45) is 0 Å². The second-order valence-corrected chi connectivity index (χ2v) is 6.07. The van der Waals surface area contributed by atoms with Crippen molar-refractivity contribution in [2.75, 3.05) is 11.9 Å². The molecular formula is C15H15ClN4S. The minimum absolute atomic E-state index is 0.733. The van der Waals surface area contributed by atoms with Crippen LogP contribution < -0.4 is 5.32 Å². The zero-order chi connectivity index (χ0) is 14.7. The molecule has 3 aromatic rings. The number of hydrogen-bond acceptors (Lipinski definition) is 4. The molecule has 3 rings (SSSR count). The topological polar surface area (TPSA) is 42.2 Å². The van der Waals surface area contributed by atoms with Gasteiger partial charge < -0.3 is 9.72 Å². The van der Waals surface area contributed by atoms with Crippen LogP contribution in [0.2, 0.25) is 5.02 Å². The molecule has 21 heavy (non-hydrogen) atoms. The van der Waals surface area contributed by atoms with Crippen molar-refractivity contribution in [2.45, 2.75) is 23.3 Å². The van der Waals surface area contributed by atoms with Gasteiger partial charge in [-0.25, -0.2) is 9.97 Å². The molecule has 0 unspecified atom stereocenters. The smallest absolute Gasteiger partial charge is 0.170 e. The second kappa shape index (κ2) is 6.37. The number of rotatable bonds is 5. The summed E-state index contributed by atoms with van der Waals surface area (Å²) >= 11 is 7.51. The van der Waals surface area contributed by atoms with Crippen LogP contribution in [-0.4, -0.2) is 20.9 Å². The molecule has 0 fully saturated rings. The van der Waals surface area contributed by atoms with Gasteiger partial charge in [-0.15, -0.1) is 0 Å². The van der Waals surface area contributed by atoms with Crippen molar-refractivity contribution in [3.8, 4) is 0 Å². The first-order valence-electron chi connectivity index (χ1n) is 6.77. The van der Waals surface area contributed by atoms with Gasteiger partial charge in [0.1, 0.15) is 10.8 Å². The Hall–Kier alpha value is -1.72. The molecule has 0 radical (unpaired) electrons. The lowest BCUT2D eigenvalue weighted by atomic mass is 10.4. The van der Waals surface area contributed by atoms with Gasteiger partial charge in [-0.05, 0) is 30.7 Å². The van der Waals surface area contributed by atoms with Crippen molar-refractivity contribution in [3.05, 3.63) is 47.9 Å². The lowest BCUT2D eigenvalue weighted by Crippen LogP contribution is -2.04. The number of halogens is 1. The summed E-state index contributed by atoms with van der Waals surface area (Å²) in [5.41, 5.74) is 0.858. The van der Waals surface area contributed by atoms with Gasteiger partial charge in [-0.2, -0.15) is 0 Å². The first-order valence-corrected chi connectivity index (χ1v) is 7.96. The molecule has 0 atom stereocenters. The van der Waals surface area contributed by atoms with E-state index >= 15 is 0 Å². The minimum atomic E-state index is 0.733. The zero-order valence-electron chi connectivity index (χ0n) is 11.6. The first kappa shape index (κ1) is 14.2. The molecule has 1 aromatic carbocycles. The number of fused-ring (bicyclic) bond motifs is 1. The molecule has 0 amide bonds. The Kier molecular flexibility index (Phi) is 4.31. The summed E-state index contributed by atoms with van der Waals surface area (Å²) in [6.07, 6.45) is 6.74. The Labute approximate surface area is 132 Å². The number of nitrogens with zero attached hydrogens (tertiary/aromatic N) is 3. The second-order valence-electron chi connectivity index (χ2n) is 4.57. The molecule has 0 aliphatic heterocycles. The van der Waals surface area contributed by atoms with E-state index in [1.54, 1.807) is 18.0 Å². The van der Waals surface area contributed by atoms with E-state index in [4.69, 9.17) is 11.6 Å². The molecule has 1 N–H and O–H groups in total. The highest BCUT2D eigenvalue weighted by Gasteiger charge is 2.09. The number of hydrogen-bond donors (Lipinski definition) is 1. The fourth-order valence-corrected chi connectivity index (χ4v) is 2.94. The van der Waals surface area contributed by atoms with E-state index in [2.05, 4.69) is 22.2 Å². The van der Waals surface area contributed by atoms with Crippen molar-refractivity contribution < 1.29 is 0 Å². The van der Waals surface area contributed by atoms with E-state index in [1.165, 1.54) is 0 Å². The highest BCUT2D eigenvalue weighted by molar-refractivity contribution is 7.99. The lowest BCUT2D eigenvalue weighted by molar-refractivity contribution is 0.945. The number of anilines is 1. The Morgan fingerprint density at radius 2 is 2.10 bits per heavy atom. The summed E-state index contributed by atoms with van der Waals surface area (Å²) in [4.78, 5) is 10.1. The van der Waals surface area contributed by atoms with E-state index in [0.717, 1.165) is 39.4 Å². The third-order valence-electron chi connectivity index (χ3n) is 2.93. The van der Waals surface area contributed by atoms with Gasteiger partial charge in [0.2, 0.25) is 0 Å². The van der Waals surface area contributed by atoms with Crippen molar-refractivity contribution in [1.29, 1.82) is 0 Å². The highest BCUT2D eigenvalue weighted by Crippen LogP contribution is 2.30. The molecule has 2 aromatic heterocycles. The van der Waals surface area contributed by atoms with Crippen LogP contribution in [0.1, 0.15) is 13.3 Å². The average Bonchev–Trinajstić information content (AvgIpc) is 2.96. The van der Waals surface area contributed by atoms with Gasteiger partial charge in [0, 0.05) is 28.9 Å². The Morgan fingerprint density at radius 1 is 1.29 bits per heavy atom. The van der Waals surface area contributed by atoms with E-state index in [9.17, 15) is 0 Å². The van der Waals surface area contributed by atoms with E-state index in [-0.39, 0.29) is 0 Å². The van der Waals surface area contributed by atoms with Crippen LogP contribution in [0.4, 0.5) is 5.82 Å². The molecule has 0 bridgehead atoms. The zero-order valence-corrected chi connectivity index (χ0v) is 13.2. The average molecular weight is 319 g/mol. The van der Waals surface area contributed by atoms with Crippen molar-refractivity contribution in [1.82, 2.24) is 14.4 Å². The van der Waals surface area contributed by atoms with Crippen LogP contribution in [0, 0.1) is 0 Å². The molecule has 0 saturated carbocycles. The normalized spacial score (nSPS) is 11.0. The predicted octanol–water partition coefficient (Wildman–Crippen LogP) is 4.36. The van der Waals surface area contributed by atoms with E-state index in [1.807, 2.05) is 41.1 Å². The van der Waals surface area contributed by atoms with Gasteiger partial charge >= 0.3 is 0 Å². The quantitative estimate of drug-likeness (QED) is 0.759. The Balaban J connectivity index is 1.95. The summed E-state index contributed by atoms with van der Waals surface area (Å²) in [6.45, 7) is 3.03. The summed E-state index contributed by atoms with van der Waals surface area (Å²) in [6, 6.07) is 7.73. The third-order valence-corrected chi connectivity index (χ3v) is 4.15. The SMILES string of the molecule is CCCNc1cn2ccnc2c(Sc2ccc(Cl)cc2)n1. The fourth-order valence-electron chi connectivity index (χ4n) is 1.92. The third kappa shape index (κ3) is 3.31. The van der Waals surface area contributed by atoms with Gasteiger partial charge in [0.25, 0.3) is 0 Å². The monoisotopic (exact) mass is 318 g/mol. The highest BCUT2D eigenvalue weighted by atomic mass is 35.5. The van der Waals surface area contributed by atoms with E-state index < -0.39 is 0 Å². The van der Waals surface area contributed by atoms with Crippen LogP contribution >= 0.6 is 23.4 Å². The maximum atomic E-state index is 5.92. The van der Waals surface area contributed by atoms with Crippen LogP contribution in [0.5, 0.6) is 0 Å². The summed E-state index contributed by atoms with van der Waals surface area (Å²) in [5.74, 6) is 0.860. The summed E-state index contributed by atoms with van der Waals surface area (Å²) < 4.78 is 1.99. The van der Waals surface area contributed by atoms with Crippen LogP contribution in [0.15, 0.2) is 52.8 Å². The molecule has 0 saturated heterocycles. The van der Waals surface area contributed by atoms with E-state index in [0.29, 0.717) is 0 Å². The van der Waals surface area contributed by atoms with Gasteiger partial charge in [0.05, 0.1) is 6.20 Å². The molecule has 2 heterocycles. The summed E-state index contributed by atoms with van der Waals surface area (Å²) in [5, 5.41) is 4.93. The van der Waals surface area contributed by atoms with Gasteiger partial charge in [-0.1, -0.05) is 30.3 Å². The molecule has 0 aliphatic rings. The maximum Gasteiger partial charge on any atom is 0.170 e. The maximum absolute atomic E-state index is 5.92. The number of imidazole rings is 1. The van der Waals surface area contributed by atoms with Crippen LogP contribution in [0.25, 0.3) is 5.65 Å². The molecule has 0 spiro atoms. The van der Waals surface area contributed by atoms with Crippen molar-refractivity contribution in [3.63, 3.8) is 0 Å². The number of nitrogens with one attached hydrogen (secondary N) is 1. The largest absolute Gasteiger partial charge is 0.369 e. The Bertz CT molecular complexity index is 739. The molecular weight excluding hydrogens is 304 g/mol. The standard InChI is InChI=1S/C15H15ClN4S/c1-2-7-17-13-10-20-9-8-18-14(20)15(19-13)21-12-5-3-11(16)4-6-12/h3-6,8-10,17H,2,7H2,1H3. The summed E-state index contributed by atoms with van der Waals surface area (Å²) in [7, 11) is 0. The molecule has 6 heteroatoms. The minimum Gasteiger partial charge on any atom is -0.369 e. The fraction of sp³-hybridized carbons (Fsp3) is 0.200. The molecule has 0 aliphatic carbocycles. The number of aromatic nitrogens is 3. The van der Waals surface area contributed by atoms with Gasteiger partial charge in [0.15, 0.2) is 5.65 Å². The van der Waals surface area contributed by atoms with Crippen molar-refractivity contribution >= 4 is 34.8 Å². The van der Waals surface area contributed by atoms with Gasteiger partial charge in [-0.3, -0.25) is 0 Å². The first-order chi connectivity index (χ1) is 10.3.